The maximum absolute atomic E-state index is 12.5. The van der Waals surface area contributed by atoms with Crippen LogP contribution in [0.3, 0.4) is 0 Å². The van der Waals surface area contributed by atoms with Gasteiger partial charge in [0.2, 0.25) is 0 Å². The highest BCUT2D eigenvalue weighted by molar-refractivity contribution is 5.91. The Labute approximate surface area is 146 Å². The van der Waals surface area contributed by atoms with Crippen LogP contribution in [0.5, 0.6) is 0 Å². The summed E-state index contributed by atoms with van der Waals surface area (Å²) in [6.45, 7) is 2.54. The topological polar surface area (TPSA) is 67.5 Å². The largest absolute Gasteiger partial charge is 0.454 e. The number of furan rings is 1. The lowest BCUT2D eigenvalue weighted by atomic mass is 9.99. The molecule has 0 bridgehead atoms. The van der Waals surface area contributed by atoms with Gasteiger partial charge in [-0.1, -0.05) is 12.5 Å². The third kappa shape index (κ3) is 3.39. The molecule has 1 N–H and O–H groups in total. The summed E-state index contributed by atoms with van der Waals surface area (Å²) in [4.78, 5) is 26.8. The van der Waals surface area contributed by atoms with Crippen molar-refractivity contribution in [2.45, 2.75) is 44.3 Å². The van der Waals surface area contributed by atoms with Crippen LogP contribution in [0.4, 0.5) is 0 Å². The van der Waals surface area contributed by atoms with Gasteiger partial charge in [-0.2, -0.15) is 0 Å². The van der Waals surface area contributed by atoms with Gasteiger partial charge in [-0.05, 0) is 44.0 Å². The molecule has 4 rings (SSSR count). The lowest BCUT2D eigenvalue weighted by Gasteiger charge is -2.32. The standard InChI is InChI=1S/C19H23N3O3/c23-18-6-2-4-11-22(18)13-14-7-8-17(25-14)19(24)20-15-9-12-21-10-3-1-5-16(15)21/h2,4,6-8,11,15-16H,1,3,5,9-10,12-13H2,(H,20,24). The van der Waals surface area contributed by atoms with Gasteiger partial charge in [-0.25, -0.2) is 0 Å². The quantitative estimate of drug-likeness (QED) is 0.921. The van der Waals surface area contributed by atoms with Gasteiger partial charge < -0.3 is 14.3 Å². The SMILES string of the molecule is O=C(NC1CCN2CCCCC12)c1ccc(Cn2ccccc2=O)o1. The van der Waals surface area contributed by atoms with E-state index in [9.17, 15) is 9.59 Å². The Hall–Kier alpha value is -2.34. The maximum Gasteiger partial charge on any atom is 0.287 e. The molecule has 2 aromatic rings. The number of hydrogen-bond acceptors (Lipinski definition) is 4. The Balaban J connectivity index is 1.41. The molecule has 2 fully saturated rings. The molecule has 6 nitrogen and oxygen atoms in total. The molecule has 6 heteroatoms. The average molecular weight is 341 g/mol. The second-order valence-corrected chi connectivity index (χ2v) is 6.90. The Morgan fingerprint density at radius 2 is 2.08 bits per heavy atom. The van der Waals surface area contributed by atoms with Crippen LogP contribution in [0, 0.1) is 0 Å². The predicted molar refractivity (Wildman–Crippen MR) is 93.6 cm³/mol. The summed E-state index contributed by atoms with van der Waals surface area (Å²) in [7, 11) is 0. The fourth-order valence-corrected chi connectivity index (χ4v) is 4.00. The second kappa shape index (κ2) is 6.88. The van der Waals surface area contributed by atoms with E-state index < -0.39 is 0 Å². The minimum Gasteiger partial charge on any atom is -0.454 e. The normalized spacial score (nSPS) is 23.4. The summed E-state index contributed by atoms with van der Waals surface area (Å²) in [5, 5.41) is 3.14. The van der Waals surface area contributed by atoms with Crippen LogP contribution in [-0.2, 0) is 6.54 Å². The molecular weight excluding hydrogens is 318 g/mol. The fourth-order valence-electron chi connectivity index (χ4n) is 4.00. The number of fused-ring (bicyclic) bond motifs is 1. The molecule has 0 aromatic carbocycles. The zero-order valence-electron chi connectivity index (χ0n) is 14.2. The number of aromatic nitrogens is 1. The summed E-state index contributed by atoms with van der Waals surface area (Å²) < 4.78 is 7.22. The van der Waals surface area contributed by atoms with Gasteiger partial charge in [0.15, 0.2) is 5.76 Å². The van der Waals surface area contributed by atoms with Gasteiger partial charge >= 0.3 is 0 Å². The molecule has 132 valence electrons. The zero-order valence-corrected chi connectivity index (χ0v) is 14.2. The molecule has 0 aliphatic carbocycles. The van der Waals surface area contributed by atoms with E-state index in [1.54, 1.807) is 35.0 Å². The summed E-state index contributed by atoms with van der Waals surface area (Å²) in [5.41, 5.74) is -0.0896. The number of carbonyl (C=O) groups excluding carboxylic acids is 1. The van der Waals surface area contributed by atoms with Gasteiger partial charge in [0, 0.05) is 30.9 Å². The van der Waals surface area contributed by atoms with Crippen LogP contribution >= 0.6 is 0 Å². The van der Waals surface area contributed by atoms with E-state index in [0.29, 0.717) is 24.1 Å². The Bertz CT molecular complexity index is 810. The number of piperidine rings is 1. The van der Waals surface area contributed by atoms with Crippen LogP contribution in [0.2, 0.25) is 0 Å². The minimum atomic E-state index is -0.163. The van der Waals surface area contributed by atoms with E-state index >= 15 is 0 Å². The molecule has 2 saturated heterocycles. The van der Waals surface area contributed by atoms with Crippen LogP contribution in [0.15, 0.2) is 45.7 Å². The second-order valence-electron chi connectivity index (χ2n) is 6.90. The number of hydrogen-bond donors (Lipinski definition) is 1. The van der Waals surface area contributed by atoms with E-state index in [1.165, 1.54) is 18.9 Å². The van der Waals surface area contributed by atoms with Crippen molar-refractivity contribution in [3.63, 3.8) is 0 Å². The molecule has 0 spiro atoms. The lowest BCUT2D eigenvalue weighted by molar-refractivity contribution is 0.0885. The number of nitrogens with zero attached hydrogens (tertiary/aromatic N) is 2. The molecule has 2 aromatic heterocycles. The van der Waals surface area contributed by atoms with Crippen LogP contribution < -0.4 is 10.9 Å². The minimum absolute atomic E-state index is 0.0896. The zero-order chi connectivity index (χ0) is 17.2. The average Bonchev–Trinajstić information content (AvgIpc) is 3.25. The number of amides is 1. The van der Waals surface area contributed by atoms with Gasteiger partial charge in [0.05, 0.1) is 6.54 Å². The Morgan fingerprint density at radius 3 is 2.96 bits per heavy atom. The monoisotopic (exact) mass is 341 g/mol. The first-order valence-electron chi connectivity index (χ1n) is 9.00. The molecule has 25 heavy (non-hydrogen) atoms. The highest BCUT2D eigenvalue weighted by Gasteiger charge is 2.36. The number of carbonyl (C=O) groups is 1. The first-order chi connectivity index (χ1) is 12.2. The lowest BCUT2D eigenvalue weighted by Crippen LogP contribution is -2.46. The van der Waals surface area contributed by atoms with Crippen molar-refractivity contribution in [3.05, 3.63) is 58.4 Å². The van der Waals surface area contributed by atoms with Crippen molar-refractivity contribution in [3.8, 4) is 0 Å². The number of rotatable bonds is 4. The van der Waals surface area contributed by atoms with Crippen LogP contribution in [-0.4, -0.2) is 40.5 Å². The fraction of sp³-hybridized carbons (Fsp3) is 0.474. The molecule has 2 aliphatic heterocycles. The van der Waals surface area contributed by atoms with Gasteiger partial charge in [-0.15, -0.1) is 0 Å². The van der Waals surface area contributed by atoms with E-state index in [0.717, 1.165) is 25.9 Å². The van der Waals surface area contributed by atoms with E-state index in [2.05, 4.69) is 10.2 Å². The molecule has 2 atom stereocenters. The Morgan fingerprint density at radius 1 is 1.16 bits per heavy atom. The Kier molecular flexibility index (Phi) is 4.44. The molecule has 0 radical (unpaired) electrons. The highest BCUT2D eigenvalue weighted by atomic mass is 16.4. The molecule has 2 aliphatic rings. The van der Waals surface area contributed by atoms with Gasteiger partial charge in [-0.3, -0.25) is 14.5 Å². The predicted octanol–water partition coefficient (Wildman–Crippen LogP) is 1.85. The summed E-state index contributed by atoms with van der Waals surface area (Å²) in [6, 6.07) is 9.13. The third-order valence-electron chi connectivity index (χ3n) is 5.28. The first-order valence-corrected chi connectivity index (χ1v) is 9.00. The smallest absolute Gasteiger partial charge is 0.287 e. The summed E-state index contributed by atoms with van der Waals surface area (Å²) in [5.74, 6) is 0.751. The van der Waals surface area contributed by atoms with Crippen LogP contribution in [0.25, 0.3) is 0 Å². The van der Waals surface area contributed by atoms with Crippen LogP contribution in [0.1, 0.15) is 42.0 Å². The van der Waals surface area contributed by atoms with Gasteiger partial charge in [0.25, 0.3) is 11.5 Å². The van der Waals surface area contributed by atoms with Gasteiger partial charge in [0.1, 0.15) is 5.76 Å². The van der Waals surface area contributed by atoms with Crippen molar-refractivity contribution in [1.29, 1.82) is 0 Å². The third-order valence-corrected chi connectivity index (χ3v) is 5.28. The van der Waals surface area contributed by atoms with Crippen molar-refractivity contribution in [2.24, 2.45) is 0 Å². The summed E-state index contributed by atoms with van der Waals surface area (Å²) in [6.07, 6.45) is 6.37. The number of nitrogens with one attached hydrogen (secondary N) is 1. The molecular formula is C19H23N3O3. The molecule has 2 unspecified atom stereocenters. The maximum atomic E-state index is 12.5. The van der Waals surface area contributed by atoms with Crippen molar-refractivity contribution >= 4 is 5.91 Å². The van der Waals surface area contributed by atoms with Crippen molar-refractivity contribution in [1.82, 2.24) is 14.8 Å². The molecule has 1 amide bonds. The van der Waals surface area contributed by atoms with E-state index in [4.69, 9.17) is 4.42 Å². The number of pyridine rings is 1. The molecule has 0 saturated carbocycles. The molecule has 4 heterocycles. The highest BCUT2D eigenvalue weighted by Crippen LogP contribution is 2.27. The first kappa shape index (κ1) is 16.1. The van der Waals surface area contributed by atoms with Crippen molar-refractivity contribution < 1.29 is 9.21 Å². The van der Waals surface area contributed by atoms with E-state index in [1.807, 2.05) is 0 Å². The van der Waals surface area contributed by atoms with Crippen molar-refractivity contribution in [2.75, 3.05) is 13.1 Å². The summed E-state index contributed by atoms with van der Waals surface area (Å²) >= 11 is 0. The van der Waals surface area contributed by atoms with E-state index in [-0.39, 0.29) is 17.5 Å².